The van der Waals surface area contributed by atoms with Gasteiger partial charge in [0.25, 0.3) is 5.91 Å². The van der Waals surface area contributed by atoms with E-state index >= 15 is 0 Å². The molecule has 0 radical (unpaired) electrons. The number of hydrogen-bond acceptors (Lipinski definition) is 5. The molecule has 22 heavy (non-hydrogen) atoms. The molecule has 0 saturated carbocycles. The number of carbonyl (C=O) groups is 1. The van der Waals surface area contributed by atoms with E-state index in [0.29, 0.717) is 19.8 Å². The molecule has 0 unspecified atom stereocenters. The van der Waals surface area contributed by atoms with Crippen LogP contribution in [0, 0.1) is 11.3 Å². The van der Waals surface area contributed by atoms with Gasteiger partial charge in [-0.1, -0.05) is 0 Å². The Bertz CT molecular complexity index is 409. The zero-order chi connectivity index (χ0) is 16.4. The lowest BCUT2D eigenvalue weighted by atomic mass is 10.0. The van der Waals surface area contributed by atoms with Gasteiger partial charge in [0, 0.05) is 39.0 Å². The Morgan fingerprint density at radius 3 is 2.77 bits per heavy atom. The monoisotopic (exact) mass is 308 g/mol. The van der Waals surface area contributed by atoms with Crippen molar-refractivity contribution < 1.29 is 9.53 Å². The van der Waals surface area contributed by atoms with Crippen LogP contribution in [0.25, 0.3) is 0 Å². The number of hydrogen-bond donors (Lipinski definition) is 1. The van der Waals surface area contributed by atoms with Gasteiger partial charge >= 0.3 is 0 Å². The summed E-state index contributed by atoms with van der Waals surface area (Å²) in [5, 5.41) is 12.2. The van der Waals surface area contributed by atoms with Crippen LogP contribution in [0.4, 0.5) is 0 Å². The summed E-state index contributed by atoms with van der Waals surface area (Å²) in [7, 11) is 3.88. The van der Waals surface area contributed by atoms with Crippen molar-refractivity contribution in [2.45, 2.75) is 32.2 Å². The first-order valence-electron chi connectivity index (χ1n) is 7.97. The van der Waals surface area contributed by atoms with Crippen molar-refractivity contribution in [2.24, 2.45) is 0 Å². The molecule has 1 heterocycles. The number of nitriles is 1. The van der Waals surface area contributed by atoms with Crippen molar-refractivity contribution in [3.05, 3.63) is 11.8 Å². The zero-order valence-corrected chi connectivity index (χ0v) is 14.0. The molecule has 0 spiro atoms. The van der Waals surface area contributed by atoms with Crippen LogP contribution < -0.4 is 5.32 Å². The van der Waals surface area contributed by atoms with Gasteiger partial charge in [0.05, 0.1) is 0 Å². The van der Waals surface area contributed by atoms with E-state index in [1.54, 1.807) is 11.9 Å². The molecule has 0 aliphatic carbocycles. The zero-order valence-electron chi connectivity index (χ0n) is 14.0. The van der Waals surface area contributed by atoms with Gasteiger partial charge in [-0.15, -0.1) is 0 Å². The van der Waals surface area contributed by atoms with Crippen LogP contribution in [-0.4, -0.2) is 68.7 Å². The number of nitrogens with one attached hydrogen (secondary N) is 1. The third kappa shape index (κ3) is 6.04. The predicted molar refractivity (Wildman–Crippen MR) is 86.1 cm³/mol. The van der Waals surface area contributed by atoms with E-state index < -0.39 is 0 Å². The number of amides is 1. The third-order valence-corrected chi connectivity index (χ3v) is 3.97. The molecular formula is C16H28N4O2. The second-order valence-corrected chi connectivity index (χ2v) is 5.62. The average Bonchev–Trinajstić information content (AvgIpc) is 2.54. The van der Waals surface area contributed by atoms with Gasteiger partial charge in [-0.2, -0.15) is 5.26 Å². The molecule has 1 aliphatic heterocycles. The molecule has 0 bridgehead atoms. The minimum Gasteiger partial charge on any atom is -0.390 e. The highest BCUT2D eigenvalue weighted by atomic mass is 16.5. The molecule has 1 amide bonds. The summed E-state index contributed by atoms with van der Waals surface area (Å²) in [5.74, 6) is -0.200. The number of rotatable bonds is 8. The van der Waals surface area contributed by atoms with E-state index in [9.17, 15) is 10.1 Å². The van der Waals surface area contributed by atoms with Crippen LogP contribution in [0.3, 0.4) is 0 Å². The molecule has 0 atom stereocenters. The van der Waals surface area contributed by atoms with Gasteiger partial charge in [-0.3, -0.25) is 4.79 Å². The highest BCUT2D eigenvalue weighted by Gasteiger charge is 2.25. The number of nitrogens with zero attached hydrogens (tertiary/aromatic N) is 3. The Kier molecular flexibility index (Phi) is 8.56. The van der Waals surface area contributed by atoms with Crippen molar-refractivity contribution in [1.29, 1.82) is 5.26 Å². The summed E-state index contributed by atoms with van der Waals surface area (Å²) in [5.41, 5.74) is 0.165. The topological polar surface area (TPSA) is 68.6 Å². The van der Waals surface area contributed by atoms with E-state index in [1.807, 2.05) is 13.0 Å². The SMILES string of the molecule is CCOCCCN/C=C(/C#N)C(=O)N(C)C1CCN(C)CC1. The number of ether oxygens (including phenoxy) is 1. The molecule has 0 aromatic carbocycles. The summed E-state index contributed by atoms with van der Waals surface area (Å²) < 4.78 is 5.24. The lowest BCUT2D eigenvalue weighted by Gasteiger charge is -2.34. The van der Waals surface area contributed by atoms with Crippen LogP contribution >= 0.6 is 0 Å². The molecule has 6 nitrogen and oxygen atoms in total. The number of carbonyl (C=O) groups excluding carboxylic acids is 1. The largest absolute Gasteiger partial charge is 0.390 e. The smallest absolute Gasteiger partial charge is 0.265 e. The highest BCUT2D eigenvalue weighted by Crippen LogP contribution is 2.15. The number of piperidine rings is 1. The molecule has 6 heteroatoms. The van der Waals surface area contributed by atoms with Gasteiger partial charge in [0.15, 0.2) is 0 Å². The van der Waals surface area contributed by atoms with E-state index in [-0.39, 0.29) is 17.5 Å². The minimum atomic E-state index is -0.200. The summed E-state index contributed by atoms with van der Waals surface area (Å²) in [4.78, 5) is 16.4. The van der Waals surface area contributed by atoms with E-state index in [1.165, 1.54) is 6.20 Å². The normalized spacial score (nSPS) is 17.1. The molecule has 0 aromatic heterocycles. The Labute approximate surface area is 133 Å². The first kappa shape index (κ1) is 18.5. The van der Waals surface area contributed by atoms with Gasteiger partial charge in [-0.05, 0) is 46.3 Å². The maximum absolute atomic E-state index is 12.4. The molecule has 1 N–H and O–H groups in total. The average molecular weight is 308 g/mol. The third-order valence-electron chi connectivity index (χ3n) is 3.97. The Morgan fingerprint density at radius 2 is 2.18 bits per heavy atom. The first-order valence-corrected chi connectivity index (χ1v) is 7.97. The second kappa shape index (κ2) is 10.2. The molecule has 1 rings (SSSR count). The standard InChI is InChI=1S/C16H28N4O2/c1-4-22-11-5-8-18-13-14(12-17)16(21)20(3)15-6-9-19(2)10-7-15/h13,15,18H,4-11H2,1-3H3/b14-13-. The van der Waals surface area contributed by atoms with Crippen LogP contribution in [0.2, 0.25) is 0 Å². The number of likely N-dealkylation sites (tertiary alicyclic amines) is 1. The van der Waals surface area contributed by atoms with Crippen LogP contribution in [0.1, 0.15) is 26.2 Å². The quantitative estimate of drug-likeness (QED) is 0.411. The fourth-order valence-corrected chi connectivity index (χ4v) is 2.47. The van der Waals surface area contributed by atoms with Crippen molar-refractivity contribution in [1.82, 2.24) is 15.1 Å². The van der Waals surface area contributed by atoms with E-state index in [2.05, 4.69) is 17.3 Å². The Morgan fingerprint density at radius 1 is 1.50 bits per heavy atom. The van der Waals surface area contributed by atoms with Crippen molar-refractivity contribution in [2.75, 3.05) is 46.9 Å². The predicted octanol–water partition coefficient (Wildman–Crippen LogP) is 0.963. The van der Waals surface area contributed by atoms with Crippen molar-refractivity contribution >= 4 is 5.91 Å². The minimum absolute atomic E-state index is 0.165. The fourth-order valence-electron chi connectivity index (χ4n) is 2.47. The molecule has 124 valence electrons. The van der Waals surface area contributed by atoms with E-state index in [0.717, 1.165) is 32.4 Å². The molecule has 1 saturated heterocycles. The lowest BCUT2D eigenvalue weighted by molar-refractivity contribution is -0.128. The summed E-state index contributed by atoms with van der Waals surface area (Å²) in [6.45, 7) is 6.02. The summed E-state index contributed by atoms with van der Waals surface area (Å²) in [6, 6.07) is 2.22. The van der Waals surface area contributed by atoms with Crippen LogP contribution in [-0.2, 0) is 9.53 Å². The van der Waals surface area contributed by atoms with Gasteiger partial charge < -0.3 is 19.9 Å². The van der Waals surface area contributed by atoms with Crippen molar-refractivity contribution in [3.63, 3.8) is 0 Å². The van der Waals surface area contributed by atoms with Crippen molar-refractivity contribution in [3.8, 4) is 6.07 Å². The molecule has 0 aromatic rings. The molecular weight excluding hydrogens is 280 g/mol. The second-order valence-electron chi connectivity index (χ2n) is 5.62. The summed E-state index contributed by atoms with van der Waals surface area (Å²) in [6.07, 6.45) is 4.29. The summed E-state index contributed by atoms with van der Waals surface area (Å²) >= 11 is 0. The Hall–Kier alpha value is -1.58. The lowest BCUT2D eigenvalue weighted by Crippen LogP contribution is -2.45. The molecule has 1 fully saturated rings. The van der Waals surface area contributed by atoms with Gasteiger partial charge in [0.2, 0.25) is 0 Å². The molecule has 1 aliphatic rings. The van der Waals surface area contributed by atoms with Gasteiger partial charge in [0.1, 0.15) is 11.6 Å². The van der Waals surface area contributed by atoms with E-state index in [4.69, 9.17) is 4.74 Å². The van der Waals surface area contributed by atoms with Crippen LogP contribution in [0.15, 0.2) is 11.8 Å². The fraction of sp³-hybridized carbons (Fsp3) is 0.750. The first-order chi connectivity index (χ1) is 10.6. The Balaban J connectivity index is 2.44. The van der Waals surface area contributed by atoms with Gasteiger partial charge in [-0.25, -0.2) is 0 Å². The maximum atomic E-state index is 12.4. The highest BCUT2D eigenvalue weighted by molar-refractivity contribution is 5.97. The number of likely N-dealkylation sites (N-methyl/N-ethyl adjacent to an activating group) is 1. The maximum Gasteiger partial charge on any atom is 0.265 e. The van der Waals surface area contributed by atoms with Crippen LogP contribution in [0.5, 0.6) is 0 Å².